The number of hydrogen-bond acceptors (Lipinski definition) is 2. The summed E-state index contributed by atoms with van der Waals surface area (Å²) in [4.78, 5) is 12.9. The van der Waals surface area contributed by atoms with E-state index in [1.54, 1.807) is 0 Å². The Balaban J connectivity index is 2.62. The lowest BCUT2D eigenvalue weighted by molar-refractivity contribution is -0.122. The van der Waals surface area contributed by atoms with Gasteiger partial charge in [0.2, 0.25) is 5.91 Å². The molecule has 1 amide bonds. The molecule has 82 valence electrons. The van der Waals surface area contributed by atoms with Crippen LogP contribution < -0.4 is 5.73 Å². The van der Waals surface area contributed by atoms with Crippen molar-refractivity contribution in [2.75, 3.05) is 7.05 Å². The molecule has 3 nitrogen and oxygen atoms in total. The molecule has 0 heterocycles. The van der Waals surface area contributed by atoms with Gasteiger partial charge >= 0.3 is 0 Å². The van der Waals surface area contributed by atoms with Crippen molar-refractivity contribution in [2.45, 2.75) is 26.4 Å². The van der Waals surface area contributed by atoms with Crippen molar-refractivity contribution in [2.24, 2.45) is 5.73 Å². The van der Waals surface area contributed by atoms with E-state index in [4.69, 9.17) is 5.73 Å². The summed E-state index contributed by atoms with van der Waals surface area (Å²) in [6, 6.07) is 8.04. The van der Waals surface area contributed by atoms with E-state index in [-0.39, 0.29) is 11.9 Å². The molecule has 0 aliphatic rings. The number of amides is 1. The first-order valence-corrected chi connectivity index (χ1v) is 5.06. The third-order valence-corrected chi connectivity index (χ3v) is 2.63. The highest BCUT2D eigenvalue weighted by Crippen LogP contribution is 2.07. The molecule has 1 aromatic rings. The summed E-state index contributed by atoms with van der Waals surface area (Å²) in [6.07, 6.45) is 0. The molecule has 0 aromatic heterocycles. The number of carbonyl (C=O) groups excluding carboxylic acids is 1. The molecule has 0 spiro atoms. The zero-order valence-corrected chi connectivity index (χ0v) is 9.53. The van der Waals surface area contributed by atoms with Gasteiger partial charge in [0.05, 0.1) is 6.04 Å². The Bertz CT molecular complexity index is 332. The number of nitrogens with two attached hydrogens (primary N) is 1. The maximum absolute atomic E-state index is 11.0. The van der Waals surface area contributed by atoms with Crippen molar-refractivity contribution < 1.29 is 4.79 Å². The summed E-state index contributed by atoms with van der Waals surface area (Å²) in [5.41, 5.74) is 7.67. The number of nitrogens with zero attached hydrogens (tertiary/aromatic N) is 1. The second-order valence-electron chi connectivity index (χ2n) is 3.98. The van der Waals surface area contributed by atoms with Gasteiger partial charge in [-0.3, -0.25) is 9.69 Å². The maximum Gasteiger partial charge on any atom is 0.234 e. The zero-order chi connectivity index (χ0) is 11.4. The van der Waals surface area contributed by atoms with Crippen LogP contribution >= 0.6 is 0 Å². The monoisotopic (exact) mass is 206 g/mol. The summed E-state index contributed by atoms with van der Waals surface area (Å²) in [6.45, 7) is 4.61. The Morgan fingerprint density at radius 2 is 1.93 bits per heavy atom. The molecule has 0 unspecified atom stereocenters. The number of hydrogen-bond donors (Lipinski definition) is 1. The number of likely N-dealkylation sites (N-methyl/N-ethyl adjacent to an activating group) is 1. The summed E-state index contributed by atoms with van der Waals surface area (Å²) < 4.78 is 0. The molecule has 15 heavy (non-hydrogen) atoms. The highest BCUT2D eigenvalue weighted by atomic mass is 16.1. The van der Waals surface area contributed by atoms with Crippen LogP contribution in [0.5, 0.6) is 0 Å². The van der Waals surface area contributed by atoms with Gasteiger partial charge in [-0.2, -0.15) is 0 Å². The summed E-state index contributed by atoms with van der Waals surface area (Å²) >= 11 is 0. The van der Waals surface area contributed by atoms with Crippen LogP contribution in [0.15, 0.2) is 24.3 Å². The number of carbonyl (C=O) groups is 1. The highest BCUT2D eigenvalue weighted by molar-refractivity contribution is 5.79. The molecule has 0 aliphatic heterocycles. The highest BCUT2D eigenvalue weighted by Gasteiger charge is 2.14. The van der Waals surface area contributed by atoms with Crippen molar-refractivity contribution in [1.82, 2.24) is 4.90 Å². The Kier molecular flexibility index (Phi) is 3.86. The molecule has 3 heteroatoms. The lowest BCUT2D eigenvalue weighted by Crippen LogP contribution is -2.39. The van der Waals surface area contributed by atoms with Crippen molar-refractivity contribution in [3.8, 4) is 0 Å². The number of aryl methyl sites for hydroxylation is 1. The summed E-state index contributed by atoms with van der Waals surface area (Å²) in [5, 5.41) is 0. The molecule has 1 atom stereocenters. The molecule has 0 radical (unpaired) electrons. The molecular weight excluding hydrogens is 188 g/mol. The van der Waals surface area contributed by atoms with Gasteiger partial charge in [-0.1, -0.05) is 29.8 Å². The average molecular weight is 206 g/mol. The van der Waals surface area contributed by atoms with E-state index >= 15 is 0 Å². The fourth-order valence-electron chi connectivity index (χ4n) is 1.34. The Labute approximate surface area is 90.9 Å². The lowest BCUT2D eigenvalue weighted by atomic mass is 10.1. The van der Waals surface area contributed by atoms with E-state index in [9.17, 15) is 4.79 Å². The normalized spacial score (nSPS) is 12.8. The largest absolute Gasteiger partial charge is 0.368 e. The number of rotatable bonds is 4. The maximum atomic E-state index is 11.0. The quantitative estimate of drug-likeness (QED) is 0.807. The van der Waals surface area contributed by atoms with Crippen molar-refractivity contribution in [1.29, 1.82) is 0 Å². The minimum absolute atomic E-state index is 0.230. The van der Waals surface area contributed by atoms with Crippen molar-refractivity contribution >= 4 is 5.91 Å². The van der Waals surface area contributed by atoms with E-state index in [0.717, 1.165) is 6.54 Å². The molecule has 1 rings (SSSR count). The first kappa shape index (κ1) is 11.7. The van der Waals surface area contributed by atoms with Crippen LogP contribution in [0.2, 0.25) is 0 Å². The van der Waals surface area contributed by atoms with Crippen molar-refractivity contribution in [3.05, 3.63) is 35.4 Å². The minimum atomic E-state index is -0.287. The van der Waals surface area contributed by atoms with Crippen LogP contribution in [0.25, 0.3) is 0 Å². The first-order valence-electron chi connectivity index (χ1n) is 5.06. The van der Waals surface area contributed by atoms with Crippen molar-refractivity contribution in [3.63, 3.8) is 0 Å². The zero-order valence-electron chi connectivity index (χ0n) is 9.53. The molecule has 0 aliphatic carbocycles. The van der Waals surface area contributed by atoms with Crippen LogP contribution in [-0.4, -0.2) is 23.9 Å². The van der Waals surface area contributed by atoms with Crippen LogP contribution in [0.3, 0.4) is 0 Å². The van der Waals surface area contributed by atoms with E-state index in [1.807, 2.05) is 18.9 Å². The van der Waals surface area contributed by atoms with Crippen LogP contribution in [0.1, 0.15) is 18.1 Å². The van der Waals surface area contributed by atoms with Gasteiger partial charge < -0.3 is 5.73 Å². The van der Waals surface area contributed by atoms with E-state index < -0.39 is 0 Å². The number of primary amides is 1. The SMILES string of the molecule is Cc1ccc(CN(C)[C@H](C)C(N)=O)cc1. The fourth-order valence-corrected chi connectivity index (χ4v) is 1.34. The van der Waals surface area contributed by atoms with Gasteiger partial charge in [-0.25, -0.2) is 0 Å². The molecule has 0 saturated carbocycles. The topological polar surface area (TPSA) is 46.3 Å². The predicted molar refractivity (Wildman–Crippen MR) is 61.3 cm³/mol. The van der Waals surface area contributed by atoms with Crippen LogP contribution in [0.4, 0.5) is 0 Å². The third kappa shape index (κ3) is 3.36. The summed E-state index contributed by atoms with van der Waals surface area (Å²) in [5.74, 6) is -0.287. The van der Waals surface area contributed by atoms with E-state index in [1.165, 1.54) is 11.1 Å². The van der Waals surface area contributed by atoms with E-state index in [2.05, 4.69) is 31.2 Å². The molecule has 2 N–H and O–H groups in total. The summed E-state index contributed by atoms with van der Waals surface area (Å²) in [7, 11) is 1.90. The average Bonchev–Trinajstić information content (AvgIpc) is 2.20. The van der Waals surface area contributed by atoms with Crippen LogP contribution in [0, 0.1) is 6.92 Å². The van der Waals surface area contributed by atoms with Gasteiger partial charge in [0, 0.05) is 6.54 Å². The molecule has 0 saturated heterocycles. The van der Waals surface area contributed by atoms with Gasteiger partial charge in [-0.15, -0.1) is 0 Å². The Morgan fingerprint density at radius 1 is 1.40 bits per heavy atom. The second-order valence-corrected chi connectivity index (χ2v) is 3.98. The fraction of sp³-hybridized carbons (Fsp3) is 0.417. The minimum Gasteiger partial charge on any atom is -0.368 e. The first-order chi connectivity index (χ1) is 7.00. The predicted octanol–water partition coefficient (Wildman–Crippen LogP) is 1.30. The second kappa shape index (κ2) is 4.94. The van der Waals surface area contributed by atoms with Gasteiger partial charge in [0.15, 0.2) is 0 Å². The standard InChI is InChI=1S/C12H18N2O/c1-9-4-6-11(7-5-9)8-14(3)10(2)12(13)15/h4-7,10H,8H2,1-3H3,(H2,13,15)/t10-/m1/s1. The molecule has 0 bridgehead atoms. The Morgan fingerprint density at radius 3 is 2.40 bits per heavy atom. The molecular formula is C12H18N2O. The third-order valence-electron chi connectivity index (χ3n) is 2.63. The van der Waals surface area contributed by atoms with Crippen LogP contribution in [-0.2, 0) is 11.3 Å². The number of benzene rings is 1. The lowest BCUT2D eigenvalue weighted by Gasteiger charge is -2.21. The Hall–Kier alpha value is -1.35. The van der Waals surface area contributed by atoms with E-state index in [0.29, 0.717) is 0 Å². The van der Waals surface area contributed by atoms with Gasteiger partial charge in [0.25, 0.3) is 0 Å². The molecule has 0 fully saturated rings. The smallest absolute Gasteiger partial charge is 0.234 e. The molecule has 1 aromatic carbocycles. The van der Waals surface area contributed by atoms with Gasteiger partial charge in [0.1, 0.15) is 0 Å². The van der Waals surface area contributed by atoms with Gasteiger partial charge in [-0.05, 0) is 26.5 Å².